The minimum Gasteiger partial charge on any atom is -0.378 e. The zero-order chi connectivity index (χ0) is 16.9. The summed E-state index contributed by atoms with van der Waals surface area (Å²) in [6, 6.07) is 8.68. The number of hydrogen-bond acceptors (Lipinski definition) is 4. The van der Waals surface area contributed by atoms with Crippen molar-refractivity contribution in [1.82, 2.24) is 4.90 Å². The molecule has 1 aromatic rings. The first kappa shape index (κ1) is 17.8. The Bertz CT molecular complexity index is 552. The van der Waals surface area contributed by atoms with Crippen LogP contribution in [0.25, 0.3) is 0 Å². The highest BCUT2D eigenvalue weighted by atomic mass is 32.2. The Morgan fingerprint density at radius 3 is 2.79 bits per heavy atom. The van der Waals surface area contributed by atoms with Crippen molar-refractivity contribution in [2.45, 2.75) is 49.1 Å². The average Bonchev–Trinajstić information content (AvgIpc) is 3.10. The lowest BCUT2D eigenvalue weighted by Crippen LogP contribution is -2.47. The molecule has 4 nitrogen and oxygen atoms in total. The maximum atomic E-state index is 13.1. The van der Waals surface area contributed by atoms with Crippen molar-refractivity contribution in [2.75, 3.05) is 37.9 Å². The molecule has 2 aliphatic rings. The summed E-state index contributed by atoms with van der Waals surface area (Å²) in [6.07, 6.45) is 6.86. The number of hydrogen-bond donors (Lipinski definition) is 0. The van der Waals surface area contributed by atoms with Gasteiger partial charge in [-0.2, -0.15) is 0 Å². The molecule has 0 aliphatic carbocycles. The zero-order valence-electron chi connectivity index (χ0n) is 14.7. The molecule has 0 aromatic heterocycles. The van der Waals surface area contributed by atoms with Gasteiger partial charge in [0.15, 0.2) is 0 Å². The predicted molar refractivity (Wildman–Crippen MR) is 99.8 cm³/mol. The molecule has 3 rings (SSSR count). The van der Waals surface area contributed by atoms with Crippen LogP contribution in [0.5, 0.6) is 0 Å². The lowest BCUT2D eigenvalue weighted by Gasteiger charge is -2.38. The van der Waals surface area contributed by atoms with Crippen LogP contribution >= 0.6 is 11.8 Å². The van der Waals surface area contributed by atoms with E-state index in [9.17, 15) is 4.79 Å². The molecule has 2 aliphatic heterocycles. The van der Waals surface area contributed by atoms with E-state index in [0.717, 1.165) is 51.1 Å². The third-order valence-corrected chi connectivity index (χ3v) is 5.81. The number of likely N-dealkylation sites (tertiary alicyclic amines) is 1. The number of carbonyl (C=O) groups excluding carboxylic acids is 1. The smallest absolute Gasteiger partial charge is 0.229 e. The second-order valence-corrected chi connectivity index (χ2v) is 7.72. The van der Waals surface area contributed by atoms with Crippen LogP contribution in [0.15, 0.2) is 29.2 Å². The van der Waals surface area contributed by atoms with Crippen molar-refractivity contribution in [2.24, 2.45) is 0 Å². The summed E-state index contributed by atoms with van der Waals surface area (Å²) < 4.78 is 5.70. The molecular formula is C19H28N2O2S. The van der Waals surface area contributed by atoms with Gasteiger partial charge in [0.1, 0.15) is 0 Å². The molecule has 0 radical (unpaired) electrons. The Kier molecular flexibility index (Phi) is 6.19. The van der Waals surface area contributed by atoms with E-state index < -0.39 is 0 Å². The number of anilines is 1. The summed E-state index contributed by atoms with van der Waals surface area (Å²) in [5.41, 5.74) is 1.04. The van der Waals surface area contributed by atoms with E-state index in [1.165, 1.54) is 4.90 Å². The Labute approximate surface area is 149 Å². The first-order chi connectivity index (χ1) is 11.7. The molecule has 2 fully saturated rings. The summed E-state index contributed by atoms with van der Waals surface area (Å²) in [5.74, 6) is 0.217. The zero-order valence-corrected chi connectivity index (χ0v) is 15.6. The Balaban J connectivity index is 1.80. The highest BCUT2D eigenvalue weighted by molar-refractivity contribution is 7.98. The van der Waals surface area contributed by atoms with Crippen LogP contribution in [0.4, 0.5) is 5.69 Å². The lowest BCUT2D eigenvalue weighted by molar-refractivity contribution is -0.121. The molecule has 2 heterocycles. The quantitative estimate of drug-likeness (QED) is 0.764. The molecule has 0 spiro atoms. The maximum absolute atomic E-state index is 13.1. The van der Waals surface area contributed by atoms with Crippen LogP contribution in [0, 0.1) is 0 Å². The normalized spacial score (nSPS) is 22.7. The standard InChI is InChI=1S/C19H28N2O2S/c1-20-10-8-15(9-11-20)21(16-5-3-7-18(13-16)24-2)19(22)14-17-6-4-12-23-17/h3,5,7,13,15,17H,4,6,8-12,14H2,1-2H3/t17-/m0/s1. The predicted octanol–water partition coefficient (Wildman–Crippen LogP) is 3.40. The molecule has 1 amide bonds. The highest BCUT2D eigenvalue weighted by Gasteiger charge is 2.30. The van der Waals surface area contributed by atoms with E-state index in [2.05, 4.69) is 47.4 Å². The number of thioether (sulfide) groups is 1. The topological polar surface area (TPSA) is 32.8 Å². The number of benzene rings is 1. The van der Waals surface area contributed by atoms with E-state index >= 15 is 0 Å². The van der Waals surface area contributed by atoms with Gasteiger partial charge in [-0.3, -0.25) is 4.79 Å². The van der Waals surface area contributed by atoms with Gasteiger partial charge in [-0.1, -0.05) is 6.07 Å². The molecule has 132 valence electrons. The van der Waals surface area contributed by atoms with Crippen molar-refractivity contribution in [1.29, 1.82) is 0 Å². The largest absolute Gasteiger partial charge is 0.378 e. The van der Waals surface area contributed by atoms with Gasteiger partial charge >= 0.3 is 0 Å². The van der Waals surface area contributed by atoms with Crippen molar-refractivity contribution >= 4 is 23.4 Å². The third-order valence-electron chi connectivity index (χ3n) is 5.08. The Hall–Kier alpha value is -1.04. The van der Waals surface area contributed by atoms with Crippen LogP contribution in [0.1, 0.15) is 32.1 Å². The van der Waals surface area contributed by atoms with E-state index in [4.69, 9.17) is 4.74 Å². The molecule has 1 atom stereocenters. The molecule has 2 saturated heterocycles. The van der Waals surface area contributed by atoms with Crippen LogP contribution < -0.4 is 4.90 Å². The van der Waals surface area contributed by atoms with Gasteiger partial charge in [-0.25, -0.2) is 0 Å². The number of nitrogens with zero attached hydrogens (tertiary/aromatic N) is 2. The Morgan fingerprint density at radius 2 is 2.12 bits per heavy atom. The number of amides is 1. The van der Waals surface area contributed by atoms with E-state index in [0.29, 0.717) is 12.5 Å². The van der Waals surface area contributed by atoms with Gasteiger partial charge in [-0.05, 0) is 70.3 Å². The van der Waals surface area contributed by atoms with Gasteiger partial charge in [0, 0.05) is 23.2 Å². The molecule has 0 saturated carbocycles. The monoisotopic (exact) mass is 348 g/mol. The second-order valence-electron chi connectivity index (χ2n) is 6.84. The summed E-state index contributed by atoms with van der Waals surface area (Å²) in [6.45, 7) is 2.90. The van der Waals surface area contributed by atoms with Crippen molar-refractivity contribution in [3.63, 3.8) is 0 Å². The van der Waals surface area contributed by atoms with Gasteiger partial charge in [0.2, 0.25) is 5.91 Å². The number of rotatable bonds is 5. The lowest BCUT2D eigenvalue weighted by atomic mass is 10.0. The summed E-state index contributed by atoms with van der Waals surface area (Å²) in [5, 5.41) is 0. The van der Waals surface area contributed by atoms with Crippen molar-refractivity contribution in [3.8, 4) is 0 Å². The van der Waals surface area contributed by atoms with Gasteiger partial charge in [0.25, 0.3) is 0 Å². The number of ether oxygens (including phenoxy) is 1. The first-order valence-electron chi connectivity index (χ1n) is 8.93. The second kappa shape index (κ2) is 8.37. The van der Waals surface area contributed by atoms with Gasteiger partial charge < -0.3 is 14.5 Å². The Morgan fingerprint density at radius 1 is 1.33 bits per heavy atom. The first-order valence-corrected chi connectivity index (χ1v) is 10.2. The van der Waals surface area contributed by atoms with E-state index in [-0.39, 0.29) is 12.0 Å². The van der Waals surface area contributed by atoms with Gasteiger partial charge in [-0.15, -0.1) is 11.8 Å². The van der Waals surface area contributed by atoms with Crippen molar-refractivity contribution < 1.29 is 9.53 Å². The third kappa shape index (κ3) is 4.32. The molecule has 5 heteroatoms. The van der Waals surface area contributed by atoms with Crippen LogP contribution in [-0.4, -0.2) is 56.0 Å². The fourth-order valence-corrected chi connectivity index (χ4v) is 4.12. The number of piperidine rings is 1. The van der Waals surface area contributed by atoms with Crippen LogP contribution in [0.2, 0.25) is 0 Å². The van der Waals surface area contributed by atoms with E-state index in [1.807, 2.05) is 0 Å². The van der Waals surface area contributed by atoms with E-state index in [1.54, 1.807) is 11.8 Å². The molecule has 1 aromatic carbocycles. The molecule has 0 unspecified atom stereocenters. The highest BCUT2D eigenvalue weighted by Crippen LogP contribution is 2.29. The van der Waals surface area contributed by atoms with Crippen LogP contribution in [-0.2, 0) is 9.53 Å². The molecule has 24 heavy (non-hydrogen) atoms. The summed E-state index contributed by atoms with van der Waals surface area (Å²) >= 11 is 1.72. The van der Waals surface area contributed by atoms with Gasteiger partial charge in [0.05, 0.1) is 12.5 Å². The summed E-state index contributed by atoms with van der Waals surface area (Å²) in [7, 11) is 2.16. The fourth-order valence-electron chi connectivity index (χ4n) is 3.67. The van der Waals surface area contributed by atoms with Crippen LogP contribution in [0.3, 0.4) is 0 Å². The minimum absolute atomic E-state index is 0.106. The average molecular weight is 349 g/mol. The molecular weight excluding hydrogens is 320 g/mol. The summed E-state index contributed by atoms with van der Waals surface area (Å²) in [4.78, 5) is 18.7. The number of carbonyl (C=O) groups is 1. The van der Waals surface area contributed by atoms with Crippen molar-refractivity contribution in [3.05, 3.63) is 24.3 Å². The minimum atomic E-state index is 0.106. The molecule has 0 bridgehead atoms. The maximum Gasteiger partial charge on any atom is 0.229 e. The fraction of sp³-hybridized carbons (Fsp3) is 0.632. The molecule has 0 N–H and O–H groups in total. The SMILES string of the molecule is CSc1cccc(N(C(=O)C[C@@H]2CCCO2)C2CCN(C)CC2)c1.